The van der Waals surface area contributed by atoms with Crippen LogP contribution in [0.25, 0.3) is 120 Å². The van der Waals surface area contributed by atoms with E-state index in [1.807, 2.05) is 12.3 Å². The molecular formula is C59H37N. The lowest BCUT2D eigenvalue weighted by Gasteiger charge is -2.19. The second-order valence-electron chi connectivity index (χ2n) is 15.9. The highest BCUT2D eigenvalue weighted by molar-refractivity contribution is 6.23. The summed E-state index contributed by atoms with van der Waals surface area (Å²) < 4.78 is 0. The largest absolute Gasteiger partial charge is 0.256 e. The first-order chi connectivity index (χ1) is 29.7. The maximum Gasteiger partial charge on any atom is 0.0786 e. The van der Waals surface area contributed by atoms with Crippen LogP contribution in [-0.2, 0) is 0 Å². The Bertz CT molecular complexity index is 3630. The minimum Gasteiger partial charge on any atom is -0.256 e. The minimum atomic E-state index is 1.03. The molecule has 0 atom stereocenters. The number of hydrogen-bond donors (Lipinski definition) is 0. The second kappa shape index (κ2) is 13.9. The van der Waals surface area contributed by atoms with Gasteiger partial charge in [-0.15, -0.1) is 0 Å². The Labute approximate surface area is 348 Å². The van der Waals surface area contributed by atoms with Gasteiger partial charge < -0.3 is 0 Å². The Morgan fingerprint density at radius 3 is 1.33 bits per heavy atom. The van der Waals surface area contributed by atoms with E-state index in [1.54, 1.807) is 0 Å². The van der Waals surface area contributed by atoms with Crippen molar-refractivity contribution < 1.29 is 0 Å². The summed E-state index contributed by atoms with van der Waals surface area (Å²) in [5, 5.41) is 13.5. The maximum atomic E-state index is 4.91. The highest BCUT2D eigenvalue weighted by atomic mass is 14.6. The molecule has 0 aliphatic rings. The normalized spacial score (nSPS) is 11.7. The molecule has 1 heteroatoms. The van der Waals surface area contributed by atoms with Crippen molar-refractivity contribution in [2.75, 3.05) is 0 Å². The van der Waals surface area contributed by atoms with Gasteiger partial charge in [-0.2, -0.15) is 0 Å². The van der Waals surface area contributed by atoms with Gasteiger partial charge in [0.25, 0.3) is 0 Å². The first-order valence-corrected chi connectivity index (χ1v) is 20.7. The zero-order valence-electron chi connectivity index (χ0n) is 32.8. The molecule has 0 saturated carbocycles. The molecule has 0 aliphatic heterocycles. The summed E-state index contributed by atoms with van der Waals surface area (Å²) in [7, 11) is 0. The van der Waals surface area contributed by atoms with Gasteiger partial charge in [-0.05, 0) is 128 Å². The van der Waals surface area contributed by atoms with E-state index < -0.39 is 0 Å². The molecule has 0 spiro atoms. The number of pyridine rings is 1. The molecule has 12 rings (SSSR count). The fourth-order valence-electron chi connectivity index (χ4n) is 9.52. The van der Waals surface area contributed by atoms with Crippen LogP contribution in [0.4, 0.5) is 0 Å². The van der Waals surface area contributed by atoms with Crippen LogP contribution in [0.15, 0.2) is 225 Å². The van der Waals surface area contributed by atoms with Gasteiger partial charge in [0.2, 0.25) is 0 Å². The molecule has 0 N–H and O–H groups in total. The van der Waals surface area contributed by atoms with E-state index in [9.17, 15) is 0 Å². The van der Waals surface area contributed by atoms with Crippen LogP contribution in [0.3, 0.4) is 0 Å². The van der Waals surface area contributed by atoms with Gasteiger partial charge in [0.15, 0.2) is 0 Å². The molecule has 0 amide bonds. The van der Waals surface area contributed by atoms with Crippen molar-refractivity contribution in [2.24, 2.45) is 0 Å². The smallest absolute Gasteiger partial charge is 0.0786 e. The molecule has 0 unspecified atom stereocenters. The summed E-state index contributed by atoms with van der Waals surface area (Å²) in [5.74, 6) is 0. The van der Waals surface area contributed by atoms with Crippen LogP contribution >= 0.6 is 0 Å². The average Bonchev–Trinajstić information content (AvgIpc) is 3.32. The van der Waals surface area contributed by atoms with E-state index in [1.165, 1.54) is 109 Å². The molecule has 0 bridgehead atoms. The molecule has 11 aromatic carbocycles. The van der Waals surface area contributed by atoms with Crippen molar-refractivity contribution in [3.05, 3.63) is 225 Å². The summed E-state index contributed by atoms with van der Waals surface area (Å²) in [6.07, 6.45) is 1.91. The Morgan fingerprint density at radius 1 is 0.250 bits per heavy atom. The number of hydrogen-bond acceptors (Lipinski definition) is 1. The molecule has 1 nitrogen and oxygen atoms in total. The monoisotopic (exact) mass is 759 g/mol. The van der Waals surface area contributed by atoms with Crippen LogP contribution in [0.1, 0.15) is 0 Å². The Hall–Kier alpha value is -7.87. The fraction of sp³-hybridized carbons (Fsp3) is 0. The van der Waals surface area contributed by atoms with Crippen molar-refractivity contribution in [1.29, 1.82) is 0 Å². The molecule has 0 radical (unpaired) electrons. The molecular weight excluding hydrogens is 723 g/mol. The molecule has 1 heterocycles. The van der Waals surface area contributed by atoms with Gasteiger partial charge in [-0.1, -0.05) is 194 Å². The Kier molecular flexibility index (Phi) is 7.92. The zero-order valence-corrected chi connectivity index (χ0v) is 32.8. The predicted molar refractivity (Wildman–Crippen MR) is 256 cm³/mol. The van der Waals surface area contributed by atoms with Crippen molar-refractivity contribution in [3.63, 3.8) is 0 Å². The van der Waals surface area contributed by atoms with Gasteiger partial charge in [0.05, 0.1) is 5.52 Å². The molecule has 0 aliphatic carbocycles. The van der Waals surface area contributed by atoms with Crippen LogP contribution in [0, 0.1) is 0 Å². The zero-order chi connectivity index (χ0) is 39.6. The SMILES string of the molecule is c1ccc2cc(-c3ccc(-c4c5ccccc5c(-c5ccc(-c6ccc7ccccc7c6)cc5)c5cc(-c6cccc7ccc8cccnc8c67)ccc45)cc3)ccc2c1. The number of nitrogens with zero attached hydrogens (tertiary/aromatic N) is 1. The number of rotatable bonds is 5. The first-order valence-electron chi connectivity index (χ1n) is 20.7. The molecule has 0 fully saturated rings. The van der Waals surface area contributed by atoms with Crippen molar-refractivity contribution in [1.82, 2.24) is 4.98 Å². The fourth-order valence-corrected chi connectivity index (χ4v) is 9.52. The summed E-state index contributed by atoms with van der Waals surface area (Å²) in [6.45, 7) is 0. The van der Waals surface area contributed by atoms with E-state index >= 15 is 0 Å². The van der Waals surface area contributed by atoms with Crippen molar-refractivity contribution >= 4 is 64.8 Å². The van der Waals surface area contributed by atoms with Gasteiger partial charge in [-0.3, -0.25) is 4.98 Å². The van der Waals surface area contributed by atoms with E-state index in [4.69, 9.17) is 4.98 Å². The third-order valence-corrected chi connectivity index (χ3v) is 12.5. The first kappa shape index (κ1) is 34.2. The summed E-state index contributed by atoms with van der Waals surface area (Å²) in [4.78, 5) is 4.91. The maximum absolute atomic E-state index is 4.91. The number of fused-ring (bicyclic) bond motifs is 7. The Morgan fingerprint density at radius 2 is 0.700 bits per heavy atom. The lowest BCUT2D eigenvalue weighted by atomic mass is 9.84. The van der Waals surface area contributed by atoms with Gasteiger partial charge in [-0.25, -0.2) is 0 Å². The van der Waals surface area contributed by atoms with E-state index in [-0.39, 0.29) is 0 Å². The quantitative estimate of drug-likeness (QED) is 0.126. The summed E-state index contributed by atoms with van der Waals surface area (Å²) in [5.41, 5.74) is 13.1. The molecule has 60 heavy (non-hydrogen) atoms. The van der Waals surface area contributed by atoms with Crippen LogP contribution in [0.5, 0.6) is 0 Å². The number of aromatic nitrogens is 1. The average molecular weight is 760 g/mol. The van der Waals surface area contributed by atoms with Gasteiger partial charge in [0.1, 0.15) is 0 Å². The van der Waals surface area contributed by atoms with Crippen LogP contribution < -0.4 is 0 Å². The predicted octanol–water partition coefficient (Wildman–Crippen LogP) is 16.3. The molecule has 12 aromatic rings. The van der Waals surface area contributed by atoms with E-state index in [0.717, 1.165) is 10.9 Å². The highest BCUT2D eigenvalue weighted by Crippen LogP contribution is 2.46. The molecule has 0 saturated heterocycles. The summed E-state index contributed by atoms with van der Waals surface area (Å²) in [6, 6.07) is 80.3. The van der Waals surface area contributed by atoms with E-state index in [2.05, 4.69) is 212 Å². The van der Waals surface area contributed by atoms with Crippen LogP contribution in [-0.4, -0.2) is 4.98 Å². The third kappa shape index (κ3) is 5.67. The second-order valence-corrected chi connectivity index (χ2v) is 15.9. The third-order valence-electron chi connectivity index (χ3n) is 12.5. The van der Waals surface area contributed by atoms with Crippen molar-refractivity contribution in [2.45, 2.75) is 0 Å². The summed E-state index contributed by atoms with van der Waals surface area (Å²) >= 11 is 0. The number of benzene rings is 11. The van der Waals surface area contributed by atoms with E-state index in [0.29, 0.717) is 0 Å². The topological polar surface area (TPSA) is 12.9 Å². The van der Waals surface area contributed by atoms with Gasteiger partial charge >= 0.3 is 0 Å². The van der Waals surface area contributed by atoms with Crippen molar-refractivity contribution in [3.8, 4) is 55.6 Å². The molecule has 1 aromatic heterocycles. The highest BCUT2D eigenvalue weighted by Gasteiger charge is 2.19. The van der Waals surface area contributed by atoms with Gasteiger partial charge in [0, 0.05) is 17.0 Å². The Balaban J connectivity index is 1.08. The van der Waals surface area contributed by atoms with Crippen LogP contribution in [0.2, 0.25) is 0 Å². The minimum absolute atomic E-state index is 1.03. The lowest BCUT2D eigenvalue weighted by molar-refractivity contribution is 1.43. The molecule has 278 valence electrons. The lowest BCUT2D eigenvalue weighted by Crippen LogP contribution is -1.93. The standard InChI is InChI=1S/C59H37N/c1-3-11-46-35-48(30-22-38(46)9-1)40-18-24-43(25-19-40)56-52-15-5-6-16-53(52)57(44-26-20-41(21-27-44)49-31-23-39-10-2-4-12-47(39)36-49)55-37-50(32-33-54(55)56)51-17-7-13-42-28-29-45-14-8-34-60-59(45)58(42)51/h1-37H.